The molecule has 0 spiro atoms. The average Bonchev–Trinajstić information content (AvgIpc) is 2.99. The molecule has 0 bridgehead atoms. The summed E-state index contributed by atoms with van der Waals surface area (Å²) in [5.74, 6) is 1.15. The van der Waals surface area contributed by atoms with Crippen LogP contribution in [-0.4, -0.2) is 17.8 Å². The van der Waals surface area contributed by atoms with Crippen molar-refractivity contribution < 1.29 is 19.4 Å². The Bertz CT molecular complexity index is 781. The van der Waals surface area contributed by atoms with Crippen LogP contribution in [0.25, 0.3) is 0 Å². The number of nitrogens with two attached hydrogens (primary N) is 1. The van der Waals surface area contributed by atoms with E-state index in [1.807, 2.05) is 18.2 Å². The maximum atomic E-state index is 12.4. The van der Waals surface area contributed by atoms with Gasteiger partial charge in [-0.3, -0.25) is 4.79 Å². The summed E-state index contributed by atoms with van der Waals surface area (Å²) >= 11 is 0. The lowest BCUT2D eigenvalue weighted by atomic mass is 9.94. The second kappa shape index (κ2) is 6.05. The highest BCUT2D eigenvalue weighted by atomic mass is 16.7. The fourth-order valence-electron chi connectivity index (χ4n) is 2.56. The lowest BCUT2D eigenvalue weighted by Gasteiger charge is -2.20. The van der Waals surface area contributed by atoms with Crippen molar-refractivity contribution in [1.82, 2.24) is 5.32 Å². The van der Waals surface area contributed by atoms with Gasteiger partial charge in [0.2, 0.25) is 6.79 Å². The first-order chi connectivity index (χ1) is 11.3. The van der Waals surface area contributed by atoms with Gasteiger partial charge in [-0.2, -0.15) is 0 Å². The number of nitrogen functional groups attached to an aromatic ring is 1. The fraction of sp³-hybridized carbons (Fsp3) is 0.278. The molecule has 0 saturated heterocycles. The van der Waals surface area contributed by atoms with E-state index in [2.05, 4.69) is 5.32 Å². The van der Waals surface area contributed by atoms with E-state index >= 15 is 0 Å². The van der Waals surface area contributed by atoms with Crippen molar-refractivity contribution in [2.75, 3.05) is 12.5 Å². The lowest BCUT2D eigenvalue weighted by Crippen LogP contribution is -2.24. The standard InChI is InChI=1S/C18H20N2O4/c1-18(2,22)13-8-12(4-5-14(13)19)17(21)20-9-11-3-6-15-16(7-11)24-10-23-15/h3-8,22H,9-10,19H2,1-2H3,(H,20,21). The van der Waals surface area contributed by atoms with Crippen molar-refractivity contribution >= 4 is 11.6 Å². The molecule has 0 unspecified atom stereocenters. The Labute approximate surface area is 140 Å². The van der Waals surface area contributed by atoms with Crippen molar-refractivity contribution in [3.05, 3.63) is 53.1 Å². The second-order valence-corrected chi connectivity index (χ2v) is 6.23. The molecule has 2 aromatic rings. The van der Waals surface area contributed by atoms with Gasteiger partial charge in [-0.05, 0) is 49.7 Å². The van der Waals surface area contributed by atoms with Crippen molar-refractivity contribution in [2.45, 2.75) is 26.0 Å². The topological polar surface area (TPSA) is 93.8 Å². The summed E-state index contributed by atoms with van der Waals surface area (Å²) in [7, 11) is 0. The van der Waals surface area contributed by atoms with E-state index in [-0.39, 0.29) is 12.7 Å². The molecule has 4 N–H and O–H groups in total. The molecule has 0 radical (unpaired) electrons. The van der Waals surface area contributed by atoms with Crippen LogP contribution in [0.3, 0.4) is 0 Å². The molecule has 1 aliphatic heterocycles. The smallest absolute Gasteiger partial charge is 0.251 e. The van der Waals surface area contributed by atoms with Crippen molar-refractivity contribution in [3.8, 4) is 11.5 Å². The Hall–Kier alpha value is -2.73. The largest absolute Gasteiger partial charge is 0.454 e. The van der Waals surface area contributed by atoms with Gasteiger partial charge in [0, 0.05) is 23.4 Å². The Balaban J connectivity index is 1.71. The monoisotopic (exact) mass is 328 g/mol. The minimum atomic E-state index is -1.11. The molecule has 0 aromatic heterocycles. The van der Waals surface area contributed by atoms with Gasteiger partial charge < -0.3 is 25.6 Å². The van der Waals surface area contributed by atoms with E-state index in [0.717, 1.165) is 5.56 Å². The highest BCUT2D eigenvalue weighted by molar-refractivity contribution is 5.94. The predicted octanol–water partition coefficient (Wildman–Crippen LogP) is 2.15. The van der Waals surface area contributed by atoms with Gasteiger partial charge in [-0.15, -0.1) is 0 Å². The zero-order valence-electron chi connectivity index (χ0n) is 13.6. The minimum Gasteiger partial charge on any atom is -0.454 e. The van der Waals surface area contributed by atoms with E-state index in [9.17, 15) is 9.90 Å². The van der Waals surface area contributed by atoms with Crippen molar-refractivity contribution in [2.24, 2.45) is 0 Å². The molecule has 1 amide bonds. The molecule has 0 fully saturated rings. The second-order valence-electron chi connectivity index (χ2n) is 6.23. The van der Waals surface area contributed by atoms with Gasteiger partial charge in [0.05, 0.1) is 5.60 Å². The van der Waals surface area contributed by atoms with Gasteiger partial charge >= 0.3 is 0 Å². The Kier molecular flexibility index (Phi) is 4.07. The number of carbonyl (C=O) groups is 1. The normalized spacial score (nSPS) is 13.0. The molecule has 126 valence electrons. The molecule has 2 aromatic carbocycles. The van der Waals surface area contributed by atoms with E-state index in [4.69, 9.17) is 15.2 Å². The number of rotatable bonds is 4. The minimum absolute atomic E-state index is 0.219. The molecule has 24 heavy (non-hydrogen) atoms. The number of anilines is 1. The van der Waals surface area contributed by atoms with Crippen LogP contribution in [0.1, 0.15) is 35.3 Å². The molecule has 1 heterocycles. The number of hydrogen-bond acceptors (Lipinski definition) is 5. The summed E-state index contributed by atoms with van der Waals surface area (Å²) in [4.78, 5) is 12.4. The third-order valence-corrected chi connectivity index (χ3v) is 3.86. The first-order valence-electron chi connectivity index (χ1n) is 7.64. The Morgan fingerprint density at radius 3 is 2.71 bits per heavy atom. The summed E-state index contributed by atoms with van der Waals surface area (Å²) in [6.07, 6.45) is 0. The number of amides is 1. The maximum Gasteiger partial charge on any atom is 0.251 e. The molecule has 3 rings (SSSR count). The number of carbonyl (C=O) groups excluding carboxylic acids is 1. The van der Waals surface area contributed by atoms with Crippen LogP contribution in [0.4, 0.5) is 5.69 Å². The third kappa shape index (κ3) is 3.28. The van der Waals surface area contributed by atoms with Crippen LogP contribution in [0, 0.1) is 0 Å². The quantitative estimate of drug-likeness (QED) is 0.748. The average molecular weight is 328 g/mol. The van der Waals surface area contributed by atoms with Gasteiger partial charge in [0.25, 0.3) is 5.91 Å². The van der Waals surface area contributed by atoms with Crippen molar-refractivity contribution in [1.29, 1.82) is 0 Å². The van der Waals surface area contributed by atoms with Crippen LogP contribution < -0.4 is 20.5 Å². The number of aliphatic hydroxyl groups is 1. The zero-order chi connectivity index (χ0) is 17.3. The Morgan fingerprint density at radius 1 is 1.21 bits per heavy atom. The van der Waals surface area contributed by atoms with E-state index < -0.39 is 5.60 Å². The fourth-order valence-corrected chi connectivity index (χ4v) is 2.56. The van der Waals surface area contributed by atoms with Gasteiger partial charge in [-0.1, -0.05) is 6.07 Å². The number of benzene rings is 2. The molecular formula is C18H20N2O4. The molecule has 0 saturated carbocycles. The van der Waals surface area contributed by atoms with Crippen LogP contribution in [0.2, 0.25) is 0 Å². The predicted molar refractivity (Wildman–Crippen MR) is 89.8 cm³/mol. The van der Waals surface area contributed by atoms with E-state index in [0.29, 0.717) is 34.9 Å². The van der Waals surface area contributed by atoms with Gasteiger partial charge in [-0.25, -0.2) is 0 Å². The van der Waals surface area contributed by atoms with E-state index in [1.165, 1.54) is 0 Å². The van der Waals surface area contributed by atoms with Crippen LogP contribution in [0.5, 0.6) is 11.5 Å². The van der Waals surface area contributed by atoms with Crippen LogP contribution in [-0.2, 0) is 12.1 Å². The molecule has 6 nitrogen and oxygen atoms in total. The summed E-state index contributed by atoms with van der Waals surface area (Å²) in [6.45, 7) is 3.84. The van der Waals surface area contributed by atoms with Crippen LogP contribution >= 0.6 is 0 Å². The summed E-state index contributed by atoms with van der Waals surface area (Å²) < 4.78 is 10.6. The summed E-state index contributed by atoms with van der Waals surface area (Å²) in [5, 5.41) is 13.0. The van der Waals surface area contributed by atoms with Gasteiger partial charge in [0.1, 0.15) is 0 Å². The summed E-state index contributed by atoms with van der Waals surface area (Å²) in [5.41, 5.74) is 7.10. The number of nitrogens with one attached hydrogen (secondary N) is 1. The number of fused-ring (bicyclic) bond motifs is 1. The molecule has 1 aliphatic rings. The molecular weight excluding hydrogens is 308 g/mol. The molecule has 0 atom stereocenters. The first-order valence-corrected chi connectivity index (χ1v) is 7.64. The number of hydrogen-bond donors (Lipinski definition) is 3. The zero-order valence-corrected chi connectivity index (χ0v) is 13.6. The third-order valence-electron chi connectivity index (χ3n) is 3.86. The number of ether oxygens (including phenoxy) is 2. The highest BCUT2D eigenvalue weighted by Crippen LogP contribution is 2.32. The highest BCUT2D eigenvalue weighted by Gasteiger charge is 2.21. The van der Waals surface area contributed by atoms with Crippen molar-refractivity contribution in [3.63, 3.8) is 0 Å². The van der Waals surface area contributed by atoms with Crippen LogP contribution in [0.15, 0.2) is 36.4 Å². The lowest BCUT2D eigenvalue weighted by molar-refractivity contribution is 0.0792. The summed E-state index contributed by atoms with van der Waals surface area (Å²) in [6, 6.07) is 10.4. The Morgan fingerprint density at radius 2 is 1.96 bits per heavy atom. The molecule has 0 aliphatic carbocycles. The first kappa shape index (κ1) is 16.1. The van der Waals surface area contributed by atoms with E-state index in [1.54, 1.807) is 32.0 Å². The SMILES string of the molecule is CC(C)(O)c1cc(C(=O)NCc2ccc3c(c2)OCO3)ccc1N. The molecule has 6 heteroatoms. The maximum absolute atomic E-state index is 12.4. The van der Waals surface area contributed by atoms with Gasteiger partial charge in [0.15, 0.2) is 11.5 Å².